The monoisotopic (exact) mass is 372 g/mol. The van der Waals surface area contributed by atoms with E-state index in [1.54, 1.807) is 18.2 Å². The molecule has 3 rings (SSSR count). The maximum Gasteiger partial charge on any atom is 0.165 e. The molecule has 0 N–H and O–H groups in total. The second-order valence-electron chi connectivity index (χ2n) is 7.74. The van der Waals surface area contributed by atoms with Crippen molar-refractivity contribution in [2.45, 2.75) is 64.7 Å². The minimum Gasteiger partial charge on any atom is -0.491 e. The fourth-order valence-electron chi connectivity index (χ4n) is 4.22. The van der Waals surface area contributed by atoms with Gasteiger partial charge in [0.1, 0.15) is 5.82 Å². The van der Waals surface area contributed by atoms with Gasteiger partial charge in [-0.3, -0.25) is 0 Å². The first-order valence-corrected chi connectivity index (χ1v) is 10.3. The molecular formula is C24H30F2O. The molecule has 0 unspecified atom stereocenters. The lowest BCUT2D eigenvalue weighted by Crippen LogP contribution is -2.14. The Morgan fingerprint density at radius 3 is 2.11 bits per heavy atom. The predicted molar refractivity (Wildman–Crippen MR) is 107 cm³/mol. The van der Waals surface area contributed by atoms with E-state index in [0.717, 1.165) is 30.7 Å². The predicted octanol–water partition coefficient (Wildman–Crippen LogP) is 7.49. The van der Waals surface area contributed by atoms with Gasteiger partial charge >= 0.3 is 0 Å². The van der Waals surface area contributed by atoms with Gasteiger partial charge in [-0.05, 0) is 78.8 Å². The highest BCUT2D eigenvalue weighted by Gasteiger charge is 2.24. The van der Waals surface area contributed by atoms with Crippen LogP contribution in [-0.4, -0.2) is 6.61 Å². The third-order valence-corrected chi connectivity index (χ3v) is 5.71. The molecule has 0 saturated heterocycles. The van der Waals surface area contributed by atoms with Gasteiger partial charge in [0, 0.05) is 0 Å². The van der Waals surface area contributed by atoms with Crippen LogP contribution in [0.5, 0.6) is 5.75 Å². The van der Waals surface area contributed by atoms with Crippen molar-refractivity contribution in [2.24, 2.45) is 5.92 Å². The highest BCUT2D eigenvalue weighted by atomic mass is 19.1. The molecule has 0 radical (unpaired) electrons. The zero-order valence-electron chi connectivity index (χ0n) is 16.4. The molecule has 0 aliphatic heterocycles. The maximum atomic E-state index is 14.8. The molecule has 1 saturated carbocycles. The van der Waals surface area contributed by atoms with Gasteiger partial charge in [0.25, 0.3) is 0 Å². The molecule has 2 aromatic rings. The average Bonchev–Trinajstić information content (AvgIpc) is 2.68. The van der Waals surface area contributed by atoms with Gasteiger partial charge in [-0.25, -0.2) is 8.78 Å². The van der Waals surface area contributed by atoms with Crippen LogP contribution in [-0.2, 0) is 0 Å². The van der Waals surface area contributed by atoms with Crippen molar-refractivity contribution in [1.82, 2.24) is 0 Å². The molecule has 27 heavy (non-hydrogen) atoms. The van der Waals surface area contributed by atoms with Crippen LogP contribution < -0.4 is 4.74 Å². The Labute approximate surface area is 161 Å². The molecule has 0 heterocycles. The van der Waals surface area contributed by atoms with E-state index in [2.05, 4.69) is 6.92 Å². The first kappa shape index (κ1) is 19.9. The summed E-state index contributed by atoms with van der Waals surface area (Å²) in [6.07, 6.45) is 7.88. The van der Waals surface area contributed by atoms with Crippen molar-refractivity contribution >= 4 is 0 Å². The molecule has 0 amide bonds. The van der Waals surface area contributed by atoms with E-state index in [9.17, 15) is 8.78 Å². The summed E-state index contributed by atoms with van der Waals surface area (Å²) in [5.41, 5.74) is 2.20. The number of benzene rings is 2. The molecule has 3 heteroatoms. The van der Waals surface area contributed by atoms with Crippen LogP contribution in [0.3, 0.4) is 0 Å². The second kappa shape index (κ2) is 9.34. The van der Waals surface area contributed by atoms with Crippen molar-refractivity contribution in [1.29, 1.82) is 0 Å². The normalized spacial score (nSPS) is 19.9. The Balaban J connectivity index is 1.72. The molecule has 1 fully saturated rings. The molecule has 0 atom stereocenters. The molecule has 0 spiro atoms. The molecule has 2 aromatic carbocycles. The highest BCUT2D eigenvalue weighted by Crippen LogP contribution is 2.39. The standard InChI is InChI=1S/C24H30F2O/c1-3-5-17-6-8-18(9-7-17)21-12-10-19(15-22(21)25)20-11-13-24(23(26)16-20)27-14-4-2/h10-13,15-18H,3-9,14H2,1-2H3. The Bertz CT molecular complexity index is 748. The first-order valence-electron chi connectivity index (χ1n) is 10.3. The van der Waals surface area contributed by atoms with Gasteiger partial charge in [0.05, 0.1) is 6.61 Å². The number of halogens is 2. The van der Waals surface area contributed by atoms with Gasteiger partial charge in [-0.2, -0.15) is 0 Å². The van der Waals surface area contributed by atoms with Crippen molar-refractivity contribution in [3.8, 4) is 16.9 Å². The fourth-order valence-corrected chi connectivity index (χ4v) is 4.22. The summed E-state index contributed by atoms with van der Waals surface area (Å²) >= 11 is 0. The van der Waals surface area contributed by atoms with E-state index in [1.165, 1.54) is 31.7 Å². The molecule has 1 nitrogen and oxygen atoms in total. The van der Waals surface area contributed by atoms with Crippen LogP contribution in [0.25, 0.3) is 11.1 Å². The van der Waals surface area contributed by atoms with Gasteiger partial charge in [0.15, 0.2) is 11.6 Å². The Kier molecular flexibility index (Phi) is 6.87. The summed E-state index contributed by atoms with van der Waals surface area (Å²) in [6, 6.07) is 10.2. The number of rotatable bonds is 7. The van der Waals surface area contributed by atoms with E-state index in [4.69, 9.17) is 4.74 Å². The summed E-state index contributed by atoms with van der Waals surface area (Å²) in [5, 5.41) is 0. The molecule has 1 aliphatic carbocycles. The SMILES string of the molecule is CCCOc1ccc(-c2ccc(C3CCC(CCC)CC3)c(F)c2)cc1F. The van der Waals surface area contributed by atoms with Crippen LogP contribution >= 0.6 is 0 Å². The molecular weight excluding hydrogens is 342 g/mol. The topological polar surface area (TPSA) is 9.23 Å². The van der Waals surface area contributed by atoms with Gasteiger partial charge in [0.2, 0.25) is 0 Å². The lowest BCUT2D eigenvalue weighted by atomic mass is 9.77. The zero-order chi connectivity index (χ0) is 19.2. The smallest absolute Gasteiger partial charge is 0.165 e. The van der Waals surface area contributed by atoms with Crippen LogP contribution in [0.2, 0.25) is 0 Å². The van der Waals surface area contributed by atoms with Crippen LogP contribution in [0.1, 0.15) is 70.3 Å². The summed E-state index contributed by atoms with van der Waals surface area (Å²) in [6.45, 7) is 4.70. The first-order chi connectivity index (χ1) is 13.1. The van der Waals surface area contributed by atoms with Crippen molar-refractivity contribution in [3.63, 3.8) is 0 Å². The quantitative estimate of drug-likeness (QED) is 0.489. The van der Waals surface area contributed by atoms with Gasteiger partial charge in [-0.1, -0.05) is 44.9 Å². The van der Waals surface area contributed by atoms with Gasteiger partial charge < -0.3 is 4.74 Å². The second-order valence-corrected chi connectivity index (χ2v) is 7.74. The summed E-state index contributed by atoms with van der Waals surface area (Å²) in [7, 11) is 0. The van der Waals surface area contributed by atoms with Crippen molar-refractivity contribution in [3.05, 3.63) is 53.6 Å². The van der Waals surface area contributed by atoms with Crippen LogP contribution in [0, 0.1) is 17.6 Å². The lowest BCUT2D eigenvalue weighted by Gasteiger charge is -2.29. The average molecular weight is 372 g/mol. The lowest BCUT2D eigenvalue weighted by molar-refractivity contribution is 0.301. The number of ether oxygens (including phenoxy) is 1. The summed E-state index contributed by atoms with van der Waals surface area (Å²) < 4.78 is 34.4. The number of hydrogen-bond donors (Lipinski definition) is 0. The van der Waals surface area contributed by atoms with E-state index in [-0.39, 0.29) is 11.6 Å². The molecule has 1 aliphatic rings. The minimum atomic E-state index is -0.403. The Morgan fingerprint density at radius 1 is 0.852 bits per heavy atom. The largest absolute Gasteiger partial charge is 0.491 e. The van der Waals surface area contributed by atoms with E-state index < -0.39 is 5.82 Å². The summed E-state index contributed by atoms with van der Waals surface area (Å²) in [5.74, 6) is 0.804. The Hall–Kier alpha value is -1.90. The third-order valence-electron chi connectivity index (χ3n) is 5.71. The van der Waals surface area contributed by atoms with Crippen LogP contribution in [0.15, 0.2) is 36.4 Å². The summed E-state index contributed by atoms with van der Waals surface area (Å²) in [4.78, 5) is 0. The molecule has 0 aromatic heterocycles. The van der Waals surface area contributed by atoms with Crippen molar-refractivity contribution in [2.75, 3.05) is 6.61 Å². The van der Waals surface area contributed by atoms with E-state index in [1.807, 2.05) is 19.1 Å². The van der Waals surface area contributed by atoms with Crippen LogP contribution in [0.4, 0.5) is 8.78 Å². The molecule has 0 bridgehead atoms. The maximum absolute atomic E-state index is 14.8. The Morgan fingerprint density at radius 2 is 1.52 bits per heavy atom. The van der Waals surface area contributed by atoms with E-state index in [0.29, 0.717) is 23.7 Å². The third kappa shape index (κ3) is 4.88. The zero-order valence-corrected chi connectivity index (χ0v) is 16.4. The van der Waals surface area contributed by atoms with Crippen molar-refractivity contribution < 1.29 is 13.5 Å². The number of hydrogen-bond acceptors (Lipinski definition) is 1. The fraction of sp³-hybridized carbons (Fsp3) is 0.500. The van der Waals surface area contributed by atoms with E-state index >= 15 is 0 Å². The van der Waals surface area contributed by atoms with Gasteiger partial charge in [-0.15, -0.1) is 0 Å². The highest BCUT2D eigenvalue weighted by molar-refractivity contribution is 5.65. The molecule has 146 valence electrons. The minimum absolute atomic E-state index is 0.168.